The number of ketones is 1. The molecule has 0 aliphatic carbocycles. The minimum atomic E-state index is -0.546. The Morgan fingerprint density at radius 3 is 2.18 bits per heavy atom. The first kappa shape index (κ1) is 11.6. The van der Waals surface area contributed by atoms with Crippen LogP contribution in [0.5, 0.6) is 0 Å². The van der Waals surface area contributed by atoms with E-state index in [1.54, 1.807) is 30.3 Å². The second kappa shape index (κ2) is 4.97. The quantitative estimate of drug-likeness (QED) is 0.608. The predicted octanol–water partition coefficient (Wildman–Crippen LogP) is 3.43. The highest BCUT2D eigenvalue weighted by molar-refractivity contribution is 7.82. The van der Waals surface area contributed by atoms with Crippen molar-refractivity contribution in [3.05, 3.63) is 71.5 Å². The summed E-state index contributed by atoms with van der Waals surface area (Å²) in [5.74, 6) is -1.000. The number of hydrogen-bond donors (Lipinski definition) is 0. The fourth-order valence-electron chi connectivity index (χ4n) is 1.49. The van der Waals surface area contributed by atoms with Gasteiger partial charge in [-0.2, -0.15) is 0 Å². The van der Waals surface area contributed by atoms with Gasteiger partial charge in [-0.15, -0.1) is 0 Å². The van der Waals surface area contributed by atoms with Crippen molar-refractivity contribution in [3.8, 4) is 0 Å². The van der Waals surface area contributed by atoms with Gasteiger partial charge in [0.15, 0.2) is 0 Å². The molecule has 0 amide bonds. The molecule has 2 aromatic carbocycles. The number of thiocarbonyl (C=S) groups is 1. The summed E-state index contributed by atoms with van der Waals surface area (Å²) < 4.78 is 13.4. The minimum absolute atomic E-state index is 0.0151. The highest BCUT2D eigenvalue weighted by Crippen LogP contribution is 2.12. The Morgan fingerprint density at radius 2 is 1.53 bits per heavy atom. The molecule has 0 aromatic heterocycles. The Morgan fingerprint density at radius 1 is 0.941 bits per heavy atom. The summed E-state index contributed by atoms with van der Waals surface area (Å²) in [6.07, 6.45) is 0. The van der Waals surface area contributed by atoms with E-state index < -0.39 is 11.6 Å². The molecule has 0 radical (unpaired) electrons. The van der Waals surface area contributed by atoms with E-state index in [4.69, 9.17) is 12.2 Å². The van der Waals surface area contributed by atoms with Crippen LogP contribution in [-0.4, -0.2) is 10.6 Å². The molecule has 0 saturated carbocycles. The van der Waals surface area contributed by atoms with Gasteiger partial charge >= 0.3 is 0 Å². The monoisotopic (exact) mass is 244 g/mol. The average Bonchev–Trinajstić information content (AvgIpc) is 2.39. The first-order chi connectivity index (χ1) is 8.20. The van der Waals surface area contributed by atoms with Crippen molar-refractivity contribution in [3.63, 3.8) is 0 Å². The molecule has 0 fully saturated rings. The van der Waals surface area contributed by atoms with E-state index in [2.05, 4.69) is 0 Å². The molecular formula is C14H9FOS. The molecule has 2 aromatic rings. The van der Waals surface area contributed by atoms with E-state index in [1.807, 2.05) is 6.07 Å². The molecule has 0 heterocycles. The van der Waals surface area contributed by atoms with E-state index in [1.165, 1.54) is 18.2 Å². The van der Waals surface area contributed by atoms with Crippen molar-refractivity contribution in [2.45, 2.75) is 0 Å². The van der Waals surface area contributed by atoms with Crippen LogP contribution in [0.3, 0.4) is 0 Å². The molecule has 0 N–H and O–H groups in total. The van der Waals surface area contributed by atoms with Gasteiger partial charge in [-0.3, -0.25) is 4.79 Å². The maximum Gasteiger partial charge on any atom is 0.207 e. The number of rotatable bonds is 3. The van der Waals surface area contributed by atoms with Gasteiger partial charge in [-0.1, -0.05) is 54.7 Å². The third-order valence-electron chi connectivity index (χ3n) is 2.36. The molecule has 0 bridgehead atoms. The van der Waals surface area contributed by atoms with Gasteiger partial charge in [0.05, 0.1) is 10.4 Å². The molecule has 3 heteroatoms. The number of carbonyl (C=O) groups excluding carboxylic acids is 1. The van der Waals surface area contributed by atoms with Gasteiger partial charge in [0.25, 0.3) is 0 Å². The van der Waals surface area contributed by atoms with Crippen molar-refractivity contribution in [2.24, 2.45) is 0 Å². The second-order valence-electron chi connectivity index (χ2n) is 3.50. The van der Waals surface area contributed by atoms with Crippen LogP contribution >= 0.6 is 12.2 Å². The lowest BCUT2D eigenvalue weighted by Crippen LogP contribution is -2.14. The standard InChI is InChI=1S/C14H9FOS/c15-12-9-5-4-8-11(12)13(16)14(17)10-6-2-1-3-7-10/h1-9H. The Kier molecular flexibility index (Phi) is 3.40. The van der Waals surface area contributed by atoms with E-state index >= 15 is 0 Å². The summed E-state index contributed by atoms with van der Waals surface area (Å²) in [5, 5.41) is 0. The maximum atomic E-state index is 13.4. The van der Waals surface area contributed by atoms with Gasteiger partial charge < -0.3 is 0 Å². The van der Waals surface area contributed by atoms with Crippen molar-refractivity contribution < 1.29 is 9.18 Å². The van der Waals surface area contributed by atoms with Gasteiger partial charge in [0.2, 0.25) is 5.78 Å². The van der Waals surface area contributed by atoms with Gasteiger partial charge in [0, 0.05) is 0 Å². The second-order valence-corrected chi connectivity index (χ2v) is 3.91. The van der Waals surface area contributed by atoms with Crippen LogP contribution in [-0.2, 0) is 0 Å². The molecule has 0 saturated heterocycles. The largest absolute Gasteiger partial charge is 0.288 e. The number of benzene rings is 2. The van der Waals surface area contributed by atoms with E-state index in [-0.39, 0.29) is 10.4 Å². The highest BCUT2D eigenvalue weighted by atomic mass is 32.1. The topological polar surface area (TPSA) is 17.1 Å². The van der Waals surface area contributed by atoms with Crippen LogP contribution in [0.4, 0.5) is 4.39 Å². The first-order valence-electron chi connectivity index (χ1n) is 5.09. The molecule has 1 nitrogen and oxygen atoms in total. The van der Waals surface area contributed by atoms with Gasteiger partial charge in [-0.25, -0.2) is 4.39 Å². The number of hydrogen-bond acceptors (Lipinski definition) is 2. The number of carbonyl (C=O) groups is 1. The molecular weight excluding hydrogens is 235 g/mol. The lowest BCUT2D eigenvalue weighted by molar-refractivity contribution is 0.106. The number of Topliss-reactive ketones (excluding diaryl/α,β-unsaturated/α-hetero) is 1. The Bertz CT molecular complexity index is 563. The molecule has 0 unspecified atom stereocenters. The Hall–Kier alpha value is -1.87. The van der Waals surface area contributed by atoms with Crippen molar-refractivity contribution >= 4 is 22.9 Å². The van der Waals surface area contributed by atoms with Crippen LogP contribution < -0.4 is 0 Å². The Labute approximate surface area is 104 Å². The predicted molar refractivity (Wildman–Crippen MR) is 68.9 cm³/mol. The molecule has 2 rings (SSSR count). The number of halogens is 1. The molecule has 0 spiro atoms. The zero-order chi connectivity index (χ0) is 12.3. The van der Waals surface area contributed by atoms with Crippen LogP contribution in [0, 0.1) is 5.82 Å². The minimum Gasteiger partial charge on any atom is -0.288 e. The van der Waals surface area contributed by atoms with Crippen molar-refractivity contribution in [1.29, 1.82) is 0 Å². The summed E-state index contributed by atoms with van der Waals surface area (Å²) in [6.45, 7) is 0. The summed E-state index contributed by atoms with van der Waals surface area (Å²) in [4.78, 5) is 12.1. The molecule has 0 aliphatic heterocycles. The SMILES string of the molecule is O=C(C(=S)c1ccccc1)c1ccccc1F. The smallest absolute Gasteiger partial charge is 0.207 e. The van der Waals surface area contributed by atoms with Crippen LogP contribution in [0.25, 0.3) is 0 Å². The zero-order valence-corrected chi connectivity index (χ0v) is 9.71. The lowest BCUT2D eigenvalue weighted by atomic mass is 10.0. The van der Waals surface area contributed by atoms with Crippen molar-refractivity contribution in [1.82, 2.24) is 0 Å². The molecule has 0 aliphatic rings. The summed E-state index contributed by atoms with van der Waals surface area (Å²) in [5.41, 5.74) is 0.650. The normalized spacial score (nSPS) is 9.94. The van der Waals surface area contributed by atoms with Crippen LogP contribution in [0.1, 0.15) is 15.9 Å². The van der Waals surface area contributed by atoms with Crippen molar-refractivity contribution in [2.75, 3.05) is 0 Å². The highest BCUT2D eigenvalue weighted by Gasteiger charge is 2.16. The van der Waals surface area contributed by atoms with E-state index in [9.17, 15) is 9.18 Å². The Balaban J connectivity index is 2.34. The summed E-state index contributed by atoms with van der Waals surface area (Å²) >= 11 is 5.07. The lowest BCUT2D eigenvalue weighted by Gasteiger charge is -2.04. The average molecular weight is 244 g/mol. The fraction of sp³-hybridized carbons (Fsp3) is 0. The zero-order valence-electron chi connectivity index (χ0n) is 8.89. The van der Waals surface area contributed by atoms with Crippen LogP contribution in [0.2, 0.25) is 0 Å². The third kappa shape index (κ3) is 2.45. The molecule has 84 valence electrons. The van der Waals surface area contributed by atoms with Gasteiger partial charge in [0.1, 0.15) is 5.82 Å². The first-order valence-corrected chi connectivity index (χ1v) is 5.49. The van der Waals surface area contributed by atoms with E-state index in [0.29, 0.717) is 5.56 Å². The fourth-order valence-corrected chi connectivity index (χ4v) is 1.73. The van der Waals surface area contributed by atoms with Gasteiger partial charge in [-0.05, 0) is 17.7 Å². The third-order valence-corrected chi connectivity index (χ3v) is 2.78. The van der Waals surface area contributed by atoms with E-state index in [0.717, 1.165) is 0 Å². The molecule has 0 atom stereocenters. The maximum absolute atomic E-state index is 13.4. The molecule has 17 heavy (non-hydrogen) atoms. The summed E-state index contributed by atoms with van der Waals surface area (Å²) in [7, 11) is 0. The summed E-state index contributed by atoms with van der Waals surface area (Å²) in [6, 6.07) is 14.7. The van der Waals surface area contributed by atoms with Crippen LogP contribution in [0.15, 0.2) is 54.6 Å².